The number of carbonyl (C=O) groups is 2. The lowest BCUT2D eigenvalue weighted by atomic mass is 10.1. The van der Waals surface area contributed by atoms with Crippen LogP contribution in [0.2, 0.25) is 0 Å². The van der Waals surface area contributed by atoms with E-state index in [4.69, 9.17) is 12.2 Å². The van der Waals surface area contributed by atoms with Crippen molar-refractivity contribution in [2.45, 2.75) is 32.4 Å². The summed E-state index contributed by atoms with van der Waals surface area (Å²) in [4.78, 5) is 27.4. The Labute approximate surface area is 159 Å². The van der Waals surface area contributed by atoms with E-state index in [9.17, 15) is 9.59 Å². The molecule has 1 aliphatic rings. The van der Waals surface area contributed by atoms with Crippen molar-refractivity contribution in [1.82, 2.24) is 15.1 Å². The third kappa shape index (κ3) is 6.41. The molecule has 0 atom stereocenters. The number of hydrogen-bond donors (Lipinski definition) is 1. The van der Waals surface area contributed by atoms with Crippen molar-refractivity contribution in [2.75, 3.05) is 26.4 Å². The van der Waals surface area contributed by atoms with Crippen LogP contribution >= 0.6 is 24.0 Å². The molecule has 0 bridgehead atoms. The van der Waals surface area contributed by atoms with Crippen molar-refractivity contribution < 1.29 is 9.59 Å². The molecule has 0 unspecified atom stereocenters. The molecule has 2 rings (SSSR count). The van der Waals surface area contributed by atoms with Gasteiger partial charge in [-0.05, 0) is 38.1 Å². The van der Waals surface area contributed by atoms with Crippen LogP contribution in [0.1, 0.15) is 30.4 Å². The van der Waals surface area contributed by atoms with E-state index in [-0.39, 0.29) is 11.8 Å². The van der Waals surface area contributed by atoms with Gasteiger partial charge in [0.15, 0.2) is 0 Å². The standard InChI is InChI=1S/C18H25N3O2S2/c1-20(2)12-15-8-4-3-7-14(15)11-19-16(22)9-5-6-10-21-17(23)13-25-18(21)24/h3-4,7-8H,5-6,9-13H2,1-2H3,(H,19,22). The average Bonchev–Trinajstić information content (AvgIpc) is 2.89. The molecule has 0 radical (unpaired) electrons. The fourth-order valence-electron chi connectivity index (χ4n) is 2.66. The Morgan fingerprint density at radius 3 is 2.64 bits per heavy atom. The minimum atomic E-state index is 0.0457. The van der Waals surface area contributed by atoms with Gasteiger partial charge in [0, 0.05) is 26.1 Å². The highest BCUT2D eigenvalue weighted by molar-refractivity contribution is 8.23. The minimum absolute atomic E-state index is 0.0457. The van der Waals surface area contributed by atoms with Crippen LogP contribution in [-0.4, -0.2) is 52.3 Å². The third-order valence-corrected chi connectivity index (χ3v) is 5.39. The molecule has 1 aromatic carbocycles. The molecule has 0 spiro atoms. The molecule has 2 amide bonds. The molecular formula is C18H25N3O2S2. The molecule has 0 aliphatic carbocycles. The maximum absolute atomic E-state index is 12.0. The van der Waals surface area contributed by atoms with Crippen LogP contribution < -0.4 is 5.32 Å². The molecule has 1 saturated heterocycles. The molecule has 0 aromatic heterocycles. The van der Waals surface area contributed by atoms with Gasteiger partial charge in [-0.25, -0.2) is 0 Å². The van der Waals surface area contributed by atoms with Gasteiger partial charge in [-0.2, -0.15) is 0 Å². The summed E-state index contributed by atoms with van der Waals surface area (Å²) in [7, 11) is 4.06. The minimum Gasteiger partial charge on any atom is -0.352 e. The summed E-state index contributed by atoms with van der Waals surface area (Å²) in [5.74, 6) is 0.576. The van der Waals surface area contributed by atoms with Crippen molar-refractivity contribution in [3.8, 4) is 0 Å². The number of amides is 2. The fourth-order valence-corrected chi connectivity index (χ4v) is 3.78. The number of carbonyl (C=O) groups excluding carboxylic acids is 2. The first-order chi connectivity index (χ1) is 12.0. The number of rotatable bonds is 9. The number of nitrogens with one attached hydrogen (secondary N) is 1. The monoisotopic (exact) mass is 379 g/mol. The van der Waals surface area contributed by atoms with Crippen molar-refractivity contribution >= 4 is 40.1 Å². The molecule has 1 fully saturated rings. The Bertz CT molecular complexity index is 619. The quantitative estimate of drug-likeness (QED) is 0.527. The van der Waals surface area contributed by atoms with E-state index in [1.165, 1.54) is 17.3 Å². The SMILES string of the molecule is CN(C)Cc1ccccc1CNC(=O)CCCCN1C(=O)CSC1=S. The molecule has 1 aromatic rings. The second kappa shape index (κ2) is 9.89. The summed E-state index contributed by atoms with van der Waals surface area (Å²) in [6.45, 7) is 2.02. The van der Waals surface area contributed by atoms with Gasteiger partial charge in [0.1, 0.15) is 4.32 Å². The molecule has 1 N–H and O–H groups in total. The second-order valence-corrected chi connectivity index (χ2v) is 7.95. The lowest BCUT2D eigenvalue weighted by Crippen LogP contribution is -2.29. The van der Waals surface area contributed by atoms with Gasteiger partial charge in [0.05, 0.1) is 5.75 Å². The molecule has 7 heteroatoms. The van der Waals surface area contributed by atoms with Gasteiger partial charge in [-0.1, -0.05) is 48.2 Å². The maximum Gasteiger partial charge on any atom is 0.238 e. The lowest BCUT2D eigenvalue weighted by molar-refractivity contribution is -0.124. The predicted molar refractivity (Wildman–Crippen MR) is 106 cm³/mol. The summed E-state index contributed by atoms with van der Waals surface area (Å²) >= 11 is 6.56. The molecule has 25 heavy (non-hydrogen) atoms. The first-order valence-corrected chi connectivity index (χ1v) is 9.82. The highest BCUT2D eigenvalue weighted by Gasteiger charge is 2.25. The van der Waals surface area contributed by atoms with Crippen LogP contribution in [0.15, 0.2) is 24.3 Å². The Hall–Kier alpha value is -1.44. The summed E-state index contributed by atoms with van der Waals surface area (Å²) in [5.41, 5.74) is 2.38. The van der Waals surface area contributed by atoms with Crippen molar-refractivity contribution in [3.05, 3.63) is 35.4 Å². The number of thioether (sulfide) groups is 1. The molecule has 0 saturated carbocycles. The van der Waals surface area contributed by atoms with Crippen LogP contribution in [0.5, 0.6) is 0 Å². The Kier molecular flexibility index (Phi) is 7.87. The molecule has 136 valence electrons. The number of thiocarbonyl (C=S) groups is 1. The van der Waals surface area contributed by atoms with Crippen LogP contribution in [0, 0.1) is 0 Å². The van der Waals surface area contributed by atoms with Gasteiger partial charge >= 0.3 is 0 Å². The van der Waals surface area contributed by atoms with Gasteiger partial charge in [-0.15, -0.1) is 0 Å². The second-order valence-electron chi connectivity index (χ2n) is 6.34. The van der Waals surface area contributed by atoms with Crippen molar-refractivity contribution in [1.29, 1.82) is 0 Å². The van der Waals surface area contributed by atoms with Gasteiger partial charge in [0.2, 0.25) is 11.8 Å². The zero-order valence-electron chi connectivity index (χ0n) is 14.8. The van der Waals surface area contributed by atoms with E-state index in [0.29, 0.717) is 29.6 Å². The zero-order valence-corrected chi connectivity index (χ0v) is 16.4. The van der Waals surface area contributed by atoms with Crippen molar-refractivity contribution in [3.63, 3.8) is 0 Å². The van der Waals surface area contributed by atoms with Gasteiger partial charge < -0.3 is 10.2 Å². The predicted octanol–water partition coefficient (Wildman–Crippen LogP) is 2.40. The number of nitrogens with zero attached hydrogens (tertiary/aromatic N) is 2. The number of hydrogen-bond acceptors (Lipinski definition) is 5. The third-order valence-electron chi connectivity index (χ3n) is 3.96. The Morgan fingerprint density at radius 1 is 1.28 bits per heavy atom. The van der Waals surface area contributed by atoms with E-state index in [1.54, 1.807) is 4.90 Å². The van der Waals surface area contributed by atoms with Gasteiger partial charge in [-0.3, -0.25) is 14.5 Å². The van der Waals surface area contributed by atoms with Crippen LogP contribution in [0.4, 0.5) is 0 Å². The molecule has 1 heterocycles. The van der Waals surface area contributed by atoms with E-state index < -0.39 is 0 Å². The summed E-state index contributed by atoms with van der Waals surface area (Å²) < 4.78 is 0.659. The summed E-state index contributed by atoms with van der Waals surface area (Å²) in [5, 5.41) is 2.99. The van der Waals surface area contributed by atoms with E-state index >= 15 is 0 Å². The molecule has 1 aliphatic heterocycles. The van der Waals surface area contributed by atoms with Crippen molar-refractivity contribution in [2.24, 2.45) is 0 Å². The number of benzene rings is 1. The smallest absolute Gasteiger partial charge is 0.238 e. The highest BCUT2D eigenvalue weighted by atomic mass is 32.2. The molecule has 5 nitrogen and oxygen atoms in total. The maximum atomic E-state index is 12.0. The summed E-state index contributed by atoms with van der Waals surface area (Å²) in [6.07, 6.45) is 2.01. The largest absolute Gasteiger partial charge is 0.352 e. The lowest BCUT2D eigenvalue weighted by Gasteiger charge is -2.15. The zero-order chi connectivity index (χ0) is 18.2. The van der Waals surface area contributed by atoms with Gasteiger partial charge in [0.25, 0.3) is 0 Å². The Morgan fingerprint density at radius 2 is 2.00 bits per heavy atom. The number of unbranched alkanes of at least 4 members (excludes halogenated alkanes) is 1. The highest BCUT2D eigenvalue weighted by Crippen LogP contribution is 2.19. The fraction of sp³-hybridized carbons (Fsp3) is 0.500. The normalized spacial score (nSPS) is 14.4. The topological polar surface area (TPSA) is 52.7 Å². The van der Waals surface area contributed by atoms with E-state index in [0.717, 1.165) is 24.9 Å². The van der Waals surface area contributed by atoms with E-state index in [1.807, 2.05) is 26.2 Å². The summed E-state index contributed by atoms with van der Waals surface area (Å²) in [6, 6.07) is 8.16. The first kappa shape index (κ1) is 19.9. The van der Waals surface area contributed by atoms with Crippen LogP contribution in [0.25, 0.3) is 0 Å². The molecular weight excluding hydrogens is 354 g/mol. The van der Waals surface area contributed by atoms with Crippen LogP contribution in [0.3, 0.4) is 0 Å². The average molecular weight is 380 g/mol. The van der Waals surface area contributed by atoms with Crippen LogP contribution in [-0.2, 0) is 22.7 Å². The first-order valence-electron chi connectivity index (χ1n) is 8.42. The van der Waals surface area contributed by atoms with E-state index in [2.05, 4.69) is 22.3 Å². The Balaban J connectivity index is 1.69.